The van der Waals surface area contributed by atoms with Crippen LogP contribution in [0.4, 0.5) is 8.78 Å². The Hall–Kier alpha value is -0.970. The first-order valence-corrected chi connectivity index (χ1v) is 4.22. The Morgan fingerprint density at radius 1 is 1.62 bits per heavy atom. The van der Waals surface area contributed by atoms with Crippen LogP contribution in [0.5, 0.6) is 0 Å². The molecule has 13 heavy (non-hydrogen) atoms. The number of halogens is 2. The van der Waals surface area contributed by atoms with Gasteiger partial charge in [-0.25, -0.2) is 4.98 Å². The average molecular weight is 187 g/mol. The molecule has 72 valence electrons. The lowest BCUT2D eigenvalue weighted by molar-refractivity contribution is 0.0130. The van der Waals surface area contributed by atoms with E-state index in [0.717, 1.165) is 20.0 Å². The third-order valence-electron chi connectivity index (χ3n) is 2.12. The highest BCUT2D eigenvalue weighted by Crippen LogP contribution is 2.26. The summed E-state index contributed by atoms with van der Waals surface area (Å²) in [4.78, 5) is 3.87. The van der Waals surface area contributed by atoms with Crippen molar-refractivity contribution in [1.82, 2.24) is 14.9 Å². The number of rotatable bonds is 1. The second-order valence-corrected chi connectivity index (χ2v) is 3.30. The topological polar surface area (TPSA) is 29.9 Å². The van der Waals surface area contributed by atoms with Gasteiger partial charge in [-0.15, -0.1) is 0 Å². The number of fused-ring (bicyclic) bond motifs is 1. The summed E-state index contributed by atoms with van der Waals surface area (Å²) >= 11 is 0. The fourth-order valence-corrected chi connectivity index (χ4v) is 1.40. The van der Waals surface area contributed by atoms with Crippen LogP contribution in [0.15, 0.2) is 6.20 Å². The molecule has 0 saturated carbocycles. The highest BCUT2D eigenvalue weighted by molar-refractivity contribution is 5.10. The van der Waals surface area contributed by atoms with Crippen molar-refractivity contribution in [2.24, 2.45) is 0 Å². The van der Waals surface area contributed by atoms with E-state index in [-0.39, 0.29) is 5.69 Å². The van der Waals surface area contributed by atoms with E-state index in [4.69, 9.17) is 0 Å². The number of alkyl halides is 2. The minimum atomic E-state index is -2.83. The van der Waals surface area contributed by atoms with E-state index >= 15 is 0 Å². The molecule has 1 aromatic heterocycles. The van der Waals surface area contributed by atoms with Gasteiger partial charge in [0.1, 0.15) is 11.5 Å². The van der Waals surface area contributed by atoms with E-state index in [1.807, 2.05) is 0 Å². The molecule has 5 heteroatoms. The lowest BCUT2D eigenvalue weighted by atomic mass is 10.3. The predicted molar refractivity (Wildman–Crippen MR) is 43.5 cm³/mol. The van der Waals surface area contributed by atoms with Crippen molar-refractivity contribution >= 4 is 0 Å². The summed E-state index contributed by atoms with van der Waals surface area (Å²) in [5, 5.41) is 3.08. The first-order chi connectivity index (χ1) is 6.07. The summed E-state index contributed by atoms with van der Waals surface area (Å²) in [6, 6.07) is 0. The number of aromatic nitrogens is 2. The van der Waals surface area contributed by atoms with Gasteiger partial charge in [0.15, 0.2) is 0 Å². The smallest absolute Gasteiger partial charge is 0.288 e. The summed E-state index contributed by atoms with van der Waals surface area (Å²) in [5.41, 5.74) is -0.133. The van der Waals surface area contributed by atoms with Crippen LogP contribution < -0.4 is 5.32 Å². The van der Waals surface area contributed by atoms with Gasteiger partial charge in [0, 0.05) is 26.2 Å². The molecular formula is C8H11F2N3. The SMILES string of the molecule is CC(F)(F)c1cn2c(n1)CNCC2. The Bertz CT molecular complexity index is 290. The van der Waals surface area contributed by atoms with Crippen LogP contribution >= 0.6 is 0 Å². The Morgan fingerprint density at radius 3 is 3.00 bits per heavy atom. The molecule has 2 rings (SSSR count). The van der Waals surface area contributed by atoms with Gasteiger partial charge in [-0.1, -0.05) is 0 Å². The van der Waals surface area contributed by atoms with Gasteiger partial charge in [-0.3, -0.25) is 0 Å². The molecule has 0 unspecified atom stereocenters. The molecule has 2 heterocycles. The second-order valence-electron chi connectivity index (χ2n) is 3.30. The largest absolute Gasteiger partial charge is 0.332 e. The van der Waals surface area contributed by atoms with Crippen LogP contribution in [-0.4, -0.2) is 16.1 Å². The summed E-state index contributed by atoms with van der Waals surface area (Å²) in [5.74, 6) is -2.13. The van der Waals surface area contributed by atoms with E-state index < -0.39 is 5.92 Å². The van der Waals surface area contributed by atoms with E-state index in [2.05, 4.69) is 10.3 Å². The maximum atomic E-state index is 12.8. The Morgan fingerprint density at radius 2 is 2.38 bits per heavy atom. The summed E-state index contributed by atoms with van der Waals surface area (Å²) in [6.45, 7) is 2.99. The minimum Gasteiger partial charge on any atom is -0.332 e. The van der Waals surface area contributed by atoms with E-state index in [1.165, 1.54) is 6.20 Å². The quantitative estimate of drug-likeness (QED) is 0.713. The molecule has 0 bridgehead atoms. The van der Waals surface area contributed by atoms with Crippen LogP contribution in [0.25, 0.3) is 0 Å². The molecule has 0 spiro atoms. The molecular weight excluding hydrogens is 176 g/mol. The van der Waals surface area contributed by atoms with Gasteiger partial charge in [0.05, 0.1) is 6.54 Å². The van der Waals surface area contributed by atoms with Gasteiger partial charge < -0.3 is 9.88 Å². The van der Waals surface area contributed by atoms with Gasteiger partial charge in [0.2, 0.25) is 0 Å². The van der Waals surface area contributed by atoms with Gasteiger partial charge >= 0.3 is 0 Å². The summed E-state index contributed by atoms with van der Waals surface area (Å²) < 4.78 is 27.5. The monoisotopic (exact) mass is 187 g/mol. The average Bonchev–Trinajstić information content (AvgIpc) is 2.45. The van der Waals surface area contributed by atoms with Crippen molar-refractivity contribution in [3.63, 3.8) is 0 Å². The Balaban J connectivity index is 2.36. The predicted octanol–water partition coefficient (Wildman–Crippen LogP) is 1.10. The standard InChI is InChI=1S/C8H11F2N3/c1-8(9,10)6-5-13-3-2-11-4-7(13)12-6/h5,11H,2-4H2,1H3. The van der Waals surface area contributed by atoms with Crippen molar-refractivity contribution in [2.45, 2.75) is 25.9 Å². The molecule has 1 aromatic rings. The highest BCUT2D eigenvalue weighted by atomic mass is 19.3. The third-order valence-corrected chi connectivity index (χ3v) is 2.12. The molecule has 1 aliphatic heterocycles. The number of nitrogens with zero attached hydrogens (tertiary/aromatic N) is 2. The molecule has 0 aliphatic carbocycles. The van der Waals surface area contributed by atoms with Gasteiger partial charge in [-0.05, 0) is 0 Å². The molecule has 0 aromatic carbocycles. The van der Waals surface area contributed by atoms with Crippen LogP contribution in [0.1, 0.15) is 18.4 Å². The lowest BCUT2D eigenvalue weighted by Crippen LogP contribution is -2.27. The van der Waals surface area contributed by atoms with Crippen LogP contribution in [0.3, 0.4) is 0 Å². The van der Waals surface area contributed by atoms with Crippen molar-refractivity contribution in [2.75, 3.05) is 6.54 Å². The van der Waals surface area contributed by atoms with Crippen LogP contribution in [-0.2, 0) is 19.0 Å². The third kappa shape index (κ3) is 1.56. The van der Waals surface area contributed by atoms with Crippen molar-refractivity contribution in [1.29, 1.82) is 0 Å². The van der Waals surface area contributed by atoms with E-state index in [1.54, 1.807) is 4.57 Å². The van der Waals surface area contributed by atoms with Crippen molar-refractivity contribution in [3.8, 4) is 0 Å². The zero-order chi connectivity index (χ0) is 9.47. The number of nitrogens with one attached hydrogen (secondary N) is 1. The van der Waals surface area contributed by atoms with Crippen molar-refractivity contribution in [3.05, 3.63) is 17.7 Å². The molecule has 1 N–H and O–H groups in total. The van der Waals surface area contributed by atoms with Crippen molar-refractivity contribution < 1.29 is 8.78 Å². The minimum absolute atomic E-state index is 0.133. The normalized spacial score (nSPS) is 17.2. The molecule has 0 radical (unpaired) electrons. The fourth-order valence-electron chi connectivity index (χ4n) is 1.40. The molecule has 0 amide bonds. The lowest BCUT2D eigenvalue weighted by Gasteiger charge is -2.13. The first-order valence-electron chi connectivity index (χ1n) is 4.22. The van der Waals surface area contributed by atoms with E-state index in [0.29, 0.717) is 12.4 Å². The van der Waals surface area contributed by atoms with Gasteiger partial charge in [-0.2, -0.15) is 8.78 Å². The summed E-state index contributed by atoms with van der Waals surface area (Å²) in [6.07, 6.45) is 1.44. The highest BCUT2D eigenvalue weighted by Gasteiger charge is 2.29. The number of hydrogen-bond acceptors (Lipinski definition) is 2. The van der Waals surface area contributed by atoms with E-state index in [9.17, 15) is 8.78 Å². The fraction of sp³-hybridized carbons (Fsp3) is 0.625. The maximum Gasteiger partial charge on any atom is 0.288 e. The molecule has 0 saturated heterocycles. The van der Waals surface area contributed by atoms with Gasteiger partial charge in [0.25, 0.3) is 5.92 Å². The first kappa shape index (κ1) is 8.62. The second kappa shape index (κ2) is 2.77. The zero-order valence-electron chi connectivity index (χ0n) is 7.35. The Kier molecular flexibility index (Phi) is 1.83. The molecule has 0 atom stereocenters. The maximum absolute atomic E-state index is 12.8. The number of hydrogen-bond donors (Lipinski definition) is 1. The zero-order valence-corrected chi connectivity index (χ0v) is 7.35. The van der Waals surface area contributed by atoms with Crippen LogP contribution in [0.2, 0.25) is 0 Å². The Labute approximate surface area is 74.8 Å². The summed E-state index contributed by atoms with van der Waals surface area (Å²) in [7, 11) is 0. The molecule has 1 aliphatic rings. The molecule has 0 fully saturated rings. The molecule has 3 nitrogen and oxygen atoms in total. The van der Waals surface area contributed by atoms with Crippen LogP contribution in [0, 0.1) is 0 Å². The number of imidazole rings is 1.